The van der Waals surface area contributed by atoms with Crippen molar-refractivity contribution in [3.63, 3.8) is 0 Å². The number of carboxylic acids is 1. The molecule has 0 aliphatic carbocycles. The Labute approximate surface area is 116 Å². The molecule has 0 saturated carbocycles. The van der Waals surface area contributed by atoms with E-state index < -0.39 is 5.97 Å². The smallest absolute Gasteiger partial charge is 0.303 e. The van der Waals surface area contributed by atoms with Crippen molar-refractivity contribution >= 4 is 5.97 Å². The molecule has 0 aromatic heterocycles. The first-order valence-corrected chi connectivity index (χ1v) is 6.92. The van der Waals surface area contributed by atoms with Gasteiger partial charge in [-0.15, -0.1) is 0 Å². The SMILES string of the molecule is Cc1cccc(C)c1CN(CCCC(=O)O)C(C)C. The lowest BCUT2D eigenvalue weighted by atomic mass is 10.0. The van der Waals surface area contributed by atoms with Crippen LogP contribution in [-0.2, 0) is 11.3 Å². The maximum Gasteiger partial charge on any atom is 0.303 e. The van der Waals surface area contributed by atoms with Gasteiger partial charge in [0, 0.05) is 19.0 Å². The molecule has 0 atom stereocenters. The van der Waals surface area contributed by atoms with Crippen molar-refractivity contribution in [1.29, 1.82) is 0 Å². The Hall–Kier alpha value is -1.35. The van der Waals surface area contributed by atoms with Gasteiger partial charge in [0.05, 0.1) is 0 Å². The molecule has 1 rings (SSSR count). The largest absolute Gasteiger partial charge is 0.481 e. The number of hydrogen-bond acceptors (Lipinski definition) is 2. The average Bonchev–Trinajstić information content (AvgIpc) is 2.31. The maximum absolute atomic E-state index is 10.6. The van der Waals surface area contributed by atoms with Gasteiger partial charge in [0.15, 0.2) is 0 Å². The summed E-state index contributed by atoms with van der Waals surface area (Å²) in [6.45, 7) is 10.3. The van der Waals surface area contributed by atoms with Crippen LogP contribution in [0.4, 0.5) is 0 Å². The first-order valence-electron chi connectivity index (χ1n) is 6.92. The molecule has 0 aliphatic heterocycles. The Morgan fingerprint density at radius 1 is 1.26 bits per heavy atom. The van der Waals surface area contributed by atoms with Crippen LogP contribution in [0.5, 0.6) is 0 Å². The minimum atomic E-state index is -0.712. The molecule has 1 aromatic rings. The minimum Gasteiger partial charge on any atom is -0.481 e. The van der Waals surface area contributed by atoms with E-state index in [1.54, 1.807) is 0 Å². The second kappa shape index (κ2) is 7.29. The van der Waals surface area contributed by atoms with Crippen LogP contribution in [0.3, 0.4) is 0 Å². The molecule has 0 fully saturated rings. The summed E-state index contributed by atoms with van der Waals surface area (Å²) in [5, 5.41) is 8.72. The fourth-order valence-electron chi connectivity index (χ4n) is 2.25. The van der Waals surface area contributed by atoms with Crippen LogP contribution < -0.4 is 0 Å². The van der Waals surface area contributed by atoms with Gasteiger partial charge in [-0.1, -0.05) is 18.2 Å². The quantitative estimate of drug-likeness (QED) is 0.820. The lowest BCUT2D eigenvalue weighted by molar-refractivity contribution is -0.137. The van der Waals surface area contributed by atoms with E-state index in [1.807, 2.05) is 0 Å². The number of aryl methyl sites for hydroxylation is 2. The number of nitrogens with zero attached hydrogens (tertiary/aromatic N) is 1. The highest BCUT2D eigenvalue weighted by Gasteiger charge is 2.13. The highest BCUT2D eigenvalue weighted by Crippen LogP contribution is 2.17. The van der Waals surface area contributed by atoms with Crippen molar-refractivity contribution in [3.05, 3.63) is 34.9 Å². The van der Waals surface area contributed by atoms with Crippen molar-refractivity contribution in [2.75, 3.05) is 6.54 Å². The van der Waals surface area contributed by atoms with Gasteiger partial charge in [-0.2, -0.15) is 0 Å². The van der Waals surface area contributed by atoms with E-state index in [0.717, 1.165) is 13.1 Å². The molecular formula is C16H25NO2. The third-order valence-electron chi connectivity index (χ3n) is 3.57. The molecule has 3 nitrogen and oxygen atoms in total. The molecule has 1 N–H and O–H groups in total. The van der Waals surface area contributed by atoms with Crippen LogP contribution >= 0.6 is 0 Å². The van der Waals surface area contributed by atoms with Crippen molar-refractivity contribution < 1.29 is 9.90 Å². The highest BCUT2D eigenvalue weighted by molar-refractivity contribution is 5.66. The van der Waals surface area contributed by atoms with Crippen LogP contribution in [0.2, 0.25) is 0 Å². The van der Waals surface area contributed by atoms with Gasteiger partial charge in [-0.3, -0.25) is 9.69 Å². The van der Waals surface area contributed by atoms with Crippen LogP contribution in [0, 0.1) is 13.8 Å². The number of hydrogen-bond donors (Lipinski definition) is 1. The molecule has 0 radical (unpaired) electrons. The summed E-state index contributed by atoms with van der Waals surface area (Å²) in [4.78, 5) is 12.9. The Kier molecular flexibility index (Phi) is 6.03. The monoisotopic (exact) mass is 263 g/mol. The number of carbonyl (C=O) groups is 1. The fraction of sp³-hybridized carbons (Fsp3) is 0.562. The Bertz CT molecular complexity index is 407. The van der Waals surface area contributed by atoms with E-state index in [4.69, 9.17) is 5.11 Å². The first-order chi connectivity index (χ1) is 8.91. The fourth-order valence-corrected chi connectivity index (χ4v) is 2.25. The molecule has 3 heteroatoms. The molecule has 0 bridgehead atoms. The average molecular weight is 263 g/mol. The lowest BCUT2D eigenvalue weighted by Crippen LogP contribution is -2.32. The van der Waals surface area contributed by atoms with Gasteiger partial charge >= 0.3 is 5.97 Å². The summed E-state index contributed by atoms with van der Waals surface area (Å²) < 4.78 is 0. The van der Waals surface area contributed by atoms with Gasteiger partial charge in [0.1, 0.15) is 0 Å². The molecule has 0 saturated heterocycles. The molecule has 1 aromatic carbocycles. The van der Waals surface area contributed by atoms with E-state index in [2.05, 4.69) is 50.8 Å². The maximum atomic E-state index is 10.6. The van der Waals surface area contributed by atoms with Crippen molar-refractivity contribution in [3.8, 4) is 0 Å². The Morgan fingerprint density at radius 3 is 2.32 bits per heavy atom. The molecule has 0 spiro atoms. The van der Waals surface area contributed by atoms with E-state index >= 15 is 0 Å². The predicted octanol–water partition coefficient (Wildman–Crippen LogP) is 3.38. The number of aliphatic carboxylic acids is 1. The van der Waals surface area contributed by atoms with Gasteiger partial charge in [0.2, 0.25) is 0 Å². The Balaban J connectivity index is 2.70. The number of carboxylic acid groups (broad SMARTS) is 1. The first kappa shape index (κ1) is 15.7. The second-order valence-corrected chi connectivity index (χ2v) is 5.43. The zero-order chi connectivity index (χ0) is 14.4. The van der Waals surface area contributed by atoms with E-state index in [1.165, 1.54) is 16.7 Å². The topological polar surface area (TPSA) is 40.5 Å². The van der Waals surface area contributed by atoms with Gasteiger partial charge in [0.25, 0.3) is 0 Å². The molecule has 0 heterocycles. The molecule has 0 unspecified atom stereocenters. The van der Waals surface area contributed by atoms with E-state index in [9.17, 15) is 4.79 Å². The van der Waals surface area contributed by atoms with Gasteiger partial charge in [-0.05, 0) is 57.4 Å². The third kappa shape index (κ3) is 5.03. The van der Waals surface area contributed by atoms with E-state index in [0.29, 0.717) is 12.5 Å². The molecule has 0 amide bonds. The normalized spacial score (nSPS) is 11.3. The standard InChI is InChI=1S/C16H25NO2/c1-12(2)17(10-6-9-16(18)19)11-15-13(3)7-5-8-14(15)4/h5,7-8,12H,6,9-11H2,1-4H3,(H,18,19). The van der Waals surface area contributed by atoms with Crippen LogP contribution in [0.25, 0.3) is 0 Å². The summed E-state index contributed by atoms with van der Waals surface area (Å²) >= 11 is 0. The summed E-state index contributed by atoms with van der Waals surface area (Å²) in [6, 6.07) is 6.78. The van der Waals surface area contributed by atoms with Crippen molar-refractivity contribution in [2.24, 2.45) is 0 Å². The van der Waals surface area contributed by atoms with E-state index in [-0.39, 0.29) is 6.42 Å². The Morgan fingerprint density at radius 2 is 1.84 bits per heavy atom. The summed E-state index contributed by atoms with van der Waals surface area (Å²) in [7, 11) is 0. The summed E-state index contributed by atoms with van der Waals surface area (Å²) in [5.74, 6) is -0.712. The lowest BCUT2D eigenvalue weighted by Gasteiger charge is -2.27. The van der Waals surface area contributed by atoms with Crippen LogP contribution in [-0.4, -0.2) is 28.6 Å². The third-order valence-corrected chi connectivity index (χ3v) is 3.57. The zero-order valence-corrected chi connectivity index (χ0v) is 12.4. The van der Waals surface area contributed by atoms with Crippen LogP contribution in [0.15, 0.2) is 18.2 Å². The van der Waals surface area contributed by atoms with Crippen molar-refractivity contribution in [2.45, 2.75) is 53.1 Å². The number of rotatable bonds is 7. The molecule has 0 aliphatic rings. The minimum absolute atomic E-state index is 0.246. The van der Waals surface area contributed by atoms with Crippen LogP contribution in [0.1, 0.15) is 43.4 Å². The predicted molar refractivity (Wildman–Crippen MR) is 78.3 cm³/mol. The second-order valence-electron chi connectivity index (χ2n) is 5.43. The molecule has 19 heavy (non-hydrogen) atoms. The van der Waals surface area contributed by atoms with Gasteiger partial charge < -0.3 is 5.11 Å². The van der Waals surface area contributed by atoms with Gasteiger partial charge in [-0.25, -0.2) is 0 Å². The zero-order valence-electron chi connectivity index (χ0n) is 12.4. The summed E-state index contributed by atoms with van der Waals surface area (Å²) in [6.07, 6.45) is 0.953. The summed E-state index contributed by atoms with van der Waals surface area (Å²) in [5.41, 5.74) is 3.99. The van der Waals surface area contributed by atoms with Crippen molar-refractivity contribution in [1.82, 2.24) is 4.90 Å². The molecular weight excluding hydrogens is 238 g/mol. The number of benzene rings is 1. The highest BCUT2D eigenvalue weighted by atomic mass is 16.4. The molecule has 106 valence electrons.